The monoisotopic (exact) mass is 265 g/mol. The highest BCUT2D eigenvalue weighted by Crippen LogP contribution is 2.15. The van der Waals surface area contributed by atoms with Gasteiger partial charge < -0.3 is 5.32 Å². The minimum atomic E-state index is -0.135. The second-order valence-corrected chi connectivity index (χ2v) is 5.38. The molecule has 0 heterocycles. The zero-order valence-corrected chi connectivity index (χ0v) is 12.6. The van der Waals surface area contributed by atoms with Crippen molar-refractivity contribution in [2.24, 2.45) is 0 Å². The summed E-state index contributed by atoms with van der Waals surface area (Å²) >= 11 is 0. The van der Waals surface area contributed by atoms with Gasteiger partial charge in [-0.05, 0) is 49.6 Å². The molecule has 0 amide bonds. The Balaban J connectivity index is 2.51. The molecule has 1 N–H and O–H groups in total. The maximum Gasteiger partial charge on any atom is 0.123 e. The third kappa shape index (κ3) is 6.20. The first-order chi connectivity index (χ1) is 9.17. The van der Waals surface area contributed by atoms with E-state index in [9.17, 15) is 4.39 Å². The van der Waals surface area contributed by atoms with Crippen LogP contribution in [0.3, 0.4) is 0 Å². The summed E-state index contributed by atoms with van der Waals surface area (Å²) in [5.41, 5.74) is 2.33. The molecule has 19 heavy (non-hydrogen) atoms. The topological polar surface area (TPSA) is 12.0 Å². The van der Waals surface area contributed by atoms with E-state index in [0.717, 1.165) is 18.5 Å². The summed E-state index contributed by atoms with van der Waals surface area (Å²) in [7, 11) is 0. The molecule has 1 rings (SSSR count). The van der Waals surface area contributed by atoms with Gasteiger partial charge in [0.05, 0.1) is 0 Å². The van der Waals surface area contributed by atoms with Crippen molar-refractivity contribution >= 4 is 0 Å². The minimum absolute atomic E-state index is 0.135. The number of nitrogens with one attached hydrogen (secondary N) is 1. The smallest absolute Gasteiger partial charge is 0.123 e. The van der Waals surface area contributed by atoms with E-state index in [1.807, 2.05) is 13.0 Å². The minimum Gasteiger partial charge on any atom is -0.314 e. The van der Waals surface area contributed by atoms with Gasteiger partial charge in [0, 0.05) is 6.04 Å². The van der Waals surface area contributed by atoms with Crippen molar-refractivity contribution < 1.29 is 4.39 Å². The van der Waals surface area contributed by atoms with Crippen molar-refractivity contribution in [1.82, 2.24) is 5.32 Å². The standard InChI is InChI=1S/C17H28FN/c1-4-6-7-8-9-17(19-5-2)13-15-10-11-16(18)12-14(15)3/h10-12,17,19H,4-9,13H2,1-3H3. The SMILES string of the molecule is CCCCCCC(Cc1ccc(F)cc1C)NCC. The van der Waals surface area contributed by atoms with Crippen LogP contribution in [0.15, 0.2) is 18.2 Å². The lowest BCUT2D eigenvalue weighted by Gasteiger charge is -2.19. The number of benzene rings is 1. The van der Waals surface area contributed by atoms with Crippen LogP contribution in [-0.4, -0.2) is 12.6 Å². The highest BCUT2D eigenvalue weighted by atomic mass is 19.1. The van der Waals surface area contributed by atoms with E-state index >= 15 is 0 Å². The normalized spacial score (nSPS) is 12.6. The largest absolute Gasteiger partial charge is 0.314 e. The van der Waals surface area contributed by atoms with Gasteiger partial charge in [-0.1, -0.05) is 45.6 Å². The summed E-state index contributed by atoms with van der Waals surface area (Å²) < 4.78 is 13.1. The fourth-order valence-corrected chi connectivity index (χ4v) is 2.54. The lowest BCUT2D eigenvalue weighted by molar-refractivity contribution is 0.462. The second kappa shape index (κ2) is 9.08. The average Bonchev–Trinajstić information content (AvgIpc) is 2.38. The Morgan fingerprint density at radius 3 is 2.58 bits per heavy atom. The maximum absolute atomic E-state index is 13.1. The molecule has 0 radical (unpaired) electrons. The molecule has 1 atom stereocenters. The van der Waals surface area contributed by atoms with Gasteiger partial charge in [0.25, 0.3) is 0 Å². The molecule has 1 nitrogen and oxygen atoms in total. The van der Waals surface area contributed by atoms with Crippen molar-refractivity contribution in [3.05, 3.63) is 35.1 Å². The fraction of sp³-hybridized carbons (Fsp3) is 0.647. The first kappa shape index (κ1) is 16.2. The third-order valence-electron chi connectivity index (χ3n) is 3.67. The molecule has 0 saturated heterocycles. The zero-order valence-electron chi connectivity index (χ0n) is 12.6. The summed E-state index contributed by atoms with van der Waals surface area (Å²) in [5, 5.41) is 3.56. The van der Waals surface area contributed by atoms with Crippen LogP contribution in [0.1, 0.15) is 57.1 Å². The van der Waals surface area contributed by atoms with E-state index in [1.165, 1.54) is 37.7 Å². The lowest BCUT2D eigenvalue weighted by atomic mass is 9.97. The highest BCUT2D eigenvalue weighted by molar-refractivity contribution is 5.27. The molecule has 108 valence electrons. The van der Waals surface area contributed by atoms with Crippen molar-refractivity contribution in [2.45, 2.75) is 65.3 Å². The molecular formula is C17H28FN. The second-order valence-electron chi connectivity index (χ2n) is 5.38. The summed E-state index contributed by atoms with van der Waals surface area (Å²) in [4.78, 5) is 0. The van der Waals surface area contributed by atoms with Gasteiger partial charge in [0.2, 0.25) is 0 Å². The first-order valence-corrected chi connectivity index (χ1v) is 7.65. The number of unbranched alkanes of at least 4 members (excludes halogenated alkanes) is 3. The molecule has 0 saturated carbocycles. The Labute approximate surface area is 117 Å². The van der Waals surface area contributed by atoms with Crippen LogP contribution in [0, 0.1) is 12.7 Å². The predicted molar refractivity (Wildman–Crippen MR) is 81.1 cm³/mol. The van der Waals surface area contributed by atoms with Crippen molar-refractivity contribution in [2.75, 3.05) is 6.54 Å². The van der Waals surface area contributed by atoms with E-state index in [4.69, 9.17) is 0 Å². The Kier molecular flexibility index (Phi) is 7.73. The molecule has 0 aliphatic heterocycles. The van der Waals surface area contributed by atoms with Gasteiger partial charge in [-0.25, -0.2) is 4.39 Å². The summed E-state index contributed by atoms with van der Waals surface area (Å²) in [5.74, 6) is -0.135. The molecule has 0 aliphatic carbocycles. The molecule has 0 aliphatic rings. The molecule has 0 bridgehead atoms. The zero-order chi connectivity index (χ0) is 14.1. The van der Waals surface area contributed by atoms with Crippen LogP contribution in [0.5, 0.6) is 0 Å². The van der Waals surface area contributed by atoms with E-state index in [1.54, 1.807) is 12.1 Å². The molecule has 0 fully saturated rings. The first-order valence-electron chi connectivity index (χ1n) is 7.65. The average molecular weight is 265 g/mol. The van der Waals surface area contributed by atoms with Crippen LogP contribution in [-0.2, 0) is 6.42 Å². The van der Waals surface area contributed by atoms with Gasteiger partial charge in [-0.15, -0.1) is 0 Å². The Morgan fingerprint density at radius 1 is 1.16 bits per heavy atom. The lowest BCUT2D eigenvalue weighted by Crippen LogP contribution is -2.31. The fourth-order valence-electron chi connectivity index (χ4n) is 2.54. The molecule has 1 aromatic rings. The number of likely N-dealkylation sites (N-methyl/N-ethyl adjacent to an activating group) is 1. The number of aryl methyl sites for hydroxylation is 1. The number of rotatable bonds is 9. The molecule has 2 heteroatoms. The Bertz CT molecular complexity index is 362. The number of hydrogen-bond donors (Lipinski definition) is 1. The molecule has 1 unspecified atom stereocenters. The van der Waals surface area contributed by atoms with Crippen molar-refractivity contribution in [3.8, 4) is 0 Å². The number of halogens is 1. The van der Waals surface area contributed by atoms with E-state index < -0.39 is 0 Å². The third-order valence-corrected chi connectivity index (χ3v) is 3.67. The molecule has 1 aromatic carbocycles. The van der Waals surface area contributed by atoms with Crippen LogP contribution in [0.2, 0.25) is 0 Å². The van der Waals surface area contributed by atoms with Crippen LogP contribution in [0.25, 0.3) is 0 Å². The van der Waals surface area contributed by atoms with Gasteiger partial charge in [0.1, 0.15) is 5.82 Å². The summed E-state index contributed by atoms with van der Waals surface area (Å²) in [6.07, 6.45) is 7.43. The maximum atomic E-state index is 13.1. The van der Waals surface area contributed by atoms with Crippen molar-refractivity contribution in [3.63, 3.8) is 0 Å². The van der Waals surface area contributed by atoms with Crippen LogP contribution in [0.4, 0.5) is 4.39 Å². The molecule has 0 spiro atoms. The highest BCUT2D eigenvalue weighted by Gasteiger charge is 2.10. The van der Waals surface area contributed by atoms with Crippen LogP contribution < -0.4 is 5.32 Å². The Hall–Kier alpha value is -0.890. The van der Waals surface area contributed by atoms with Crippen LogP contribution >= 0.6 is 0 Å². The molecule has 0 aromatic heterocycles. The Morgan fingerprint density at radius 2 is 1.95 bits per heavy atom. The molecular weight excluding hydrogens is 237 g/mol. The van der Waals surface area contributed by atoms with Gasteiger partial charge >= 0.3 is 0 Å². The van der Waals surface area contributed by atoms with Gasteiger partial charge in [-0.2, -0.15) is 0 Å². The quantitative estimate of drug-likeness (QED) is 0.642. The van der Waals surface area contributed by atoms with E-state index in [-0.39, 0.29) is 5.82 Å². The van der Waals surface area contributed by atoms with Crippen molar-refractivity contribution in [1.29, 1.82) is 0 Å². The number of hydrogen-bond acceptors (Lipinski definition) is 1. The van der Waals surface area contributed by atoms with Gasteiger partial charge in [0.15, 0.2) is 0 Å². The summed E-state index contributed by atoms with van der Waals surface area (Å²) in [6, 6.07) is 5.66. The van der Waals surface area contributed by atoms with E-state index in [2.05, 4.69) is 19.2 Å². The van der Waals surface area contributed by atoms with E-state index in [0.29, 0.717) is 6.04 Å². The predicted octanol–water partition coefficient (Wildman–Crippen LogP) is 4.63. The van der Waals surface area contributed by atoms with Gasteiger partial charge in [-0.3, -0.25) is 0 Å². The summed E-state index contributed by atoms with van der Waals surface area (Å²) in [6.45, 7) is 7.39.